The number of amides is 2. The number of thioether (sulfide) groups is 1. The van der Waals surface area contributed by atoms with Crippen molar-refractivity contribution in [1.82, 2.24) is 15.2 Å². The van der Waals surface area contributed by atoms with Crippen LogP contribution in [0.2, 0.25) is 0 Å². The van der Waals surface area contributed by atoms with Crippen molar-refractivity contribution >= 4 is 63.6 Å². The van der Waals surface area contributed by atoms with E-state index in [1.165, 1.54) is 30.0 Å². The van der Waals surface area contributed by atoms with Crippen molar-refractivity contribution in [2.75, 3.05) is 18.1 Å². The van der Waals surface area contributed by atoms with Gasteiger partial charge in [-0.3, -0.25) is 19.3 Å². The third-order valence-corrected chi connectivity index (χ3v) is 8.22. The van der Waals surface area contributed by atoms with Crippen LogP contribution in [0.4, 0.5) is 5.13 Å². The van der Waals surface area contributed by atoms with Gasteiger partial charge in [-0.2, -0.15) is 0 Å². The minimum Gasteiger partial charge on any atom is -0.543 e. The summed E-state index contributed by atoms with van der Waals surface area (Å²) in [6.07, 6.45) is 4.27. The fourth-order valence-corrected chi connectivity index (χ4v) is 6.38. The van der Waals surface area contributed by atoms with Crippen LogP contribution in [0.25, 0.3) is 11.6 Å². The molecular formula is C25H21N4NaO6S2. The Morgan fingerprint density at radius 3 is 2.71 bits per heavy atom. The number of carboxylic acids is 1. The van der Waals surface area contributed by atoms with Crippen molar-refractivity contribution in [2.24, 2.45) is 0 Å². The fourth-order valence-electron chi connectivity index (χ4n) is 4.50. The van der Waals surface area contributed by atoms with E-state index in [2.05, 4.69) is 10.3 Å². The van der Waals surface area contributed by atoms with Crippen molar-refractivity contribution in [3.05, 3.63) is 69.4 Å². The summed E-state index contributed by atoms with van der Waals surface area (Å²) in [4.78, 5) is 55.0. The molecule has 0 saturated carbocycles. The van der Waals surface area contributed by atoms with Crippen LogP contribution in [0.1, 0.15) is 23.7 Å². The number of nitrogens with zero attached hydrogens (tertiary/aromatic N) is 2. The van der Waals surface area contributed by atoms with Crippen molar-refractivity contribution in [3.63, 3.8) is 0 Å². The van der Waals surface area contributed by atoms with Gasteiger partial charge < -0.3 is 25.7 Å². The first-order chi connectivity index (χ1) is 17.7. The number of allylic oxidation sites excluding steroid dienone is 2. The summed E-state index contributed by atoms with van der Waals surface area (Å²) in [6.45, 7) is 0.953. The summed E-state index contributed by atoms with van der Waals surface area (Å²) >= 11 is 2.47. The zero-order chi connectivity index (χ0) is 26.3. The minimum atomic E-state index is -1.54. The van der Waals surface area contributed by atoms with Gasteiger partial charge in [-0.15, -0.1) is 23.1 Å². The van der Waals surface area contributed by atoms with E-state index in [0.717, 1.165) is 21.6 Å². The maximum Gasteiger partial charge on any atom is 1.00 e. The number of esters is 1. The van der Waals surface area contributed by atoms with E-state index in [1.54, 1.807) is 5.38 Å². The molecule has 1 aliphatic carbocycles. The normalized spacial score (nSPS) is 21.0. The first-order valence-electron chi connectivity index (χ1n) is 11.3. The molecule has 3 N–H and O–H groups in total. The number of benzene rings is 1. The van der Waals surface area contributed by atoms with Gasteiger partial charge in [-0.1, -0.05) is 36.4 Å². The predicted molar refractivity (Wildman–Crippen MR) is 136 cm³/mol. The van der Waals surface area contributed by atoms with Crippen molar-refractivity contribution < 1.29 is 58.6 Å². The second-order valence-electron chi connectivity index (χ2n) is 8.56. The molecule has 2 atom stereocenters. The van der Waals surface area contributed by atoms with E-state index >= 15 is 0 Å². The van der Waals surface area contributed by atoms with Crippen molar-refractivity contribution in [1.29, 1.82) is 0 Å². The van der Waals surface area contributed by atoms with Crippen molar-refractivity contribution in [3.8, 4) is 0 Å². The number of rotatable bonds is 6. The number of aromatic nitrogens is 1. The molecule has 1 fully saturated rings. The summed E-state index contributed by atoms with van der Waals surface area (Å²) in [6, 6.07) is 6.89. The molecule has 1 aromatic heterocycles. The topological polar surface area (TPSA) is 155 Å². The Balaban J connectivity index is 0.00000336. The molecule has 13 heteroatoms. The summed E-state index contributed by atoms with van der Waals surface area (Å²) in [5, 5.41) is 16.0. The third kappa shape index (κ3) is 5.32. The van der Waals surface area contributed by atoms with Crippen LogP contribution in [0.15, 0.2) is 52.6 Å². The Kier molecular flexibility index (Phi) is 8.48. The molecular weight excluding hydrogens is 539 g/mol. The number of carbonyl (C=O) groups excluding carboxylic acids is 4. The molecule has 0 radical (unpaired) electrons. The van der Waals surface area contributed by atoms with Gasteiger partial charge in [0.2, 0.25) is 0 Å². The zero-order valence-electron chi connectivity index (χ0n) is 20.6. The predicted octanol–water partition coefficient (Wildman–Crippen LogP) is -2.28. The molecule has 1 saturated heterocycles. The number of ether oxygens (including phenoxy) is 1. The number of β-lactam (4-membered cyclic amide) rings is 1. The van der Waals surface area contributed by atoms with Crippen LogP contribution in [-0.2, 0) is 30.3 Å². The van der Waals surface area contributed by atoms with E-state index < -0.39 is 35.2 Å². The summed E-state index contributed by atoms with van der Waals surface area (Å²) in [5.74, 6) is -3.00. The maximum atomic E-state index is 13.6. The third-order valence-electron chi connectivity index (χ3n) is 6.20. The maximum absolute atomic E-state index is 13.6. The Morgan fingerprint density at radius 1 is 1.26 bits per heavy atom. The van der Waals surface area contributed by atoms with Crippen LogP contribution in [0.5, 0.6) is 0 Å². The van der Waals surface area contributed by atoms with Gasteiger partial charge in [-0.05, 0) is 23.1 Å². The van der Waals surface area contributed by atoms with Gasteiger partial charge in [0.1, 0.15) is 18.0 Å². The molecule has 2 aliphatic heterocycles. The Bertz CT molecular complexity index is 1430. The molecule has 10 nitrogen and oxygen atoms in total. The number of nitrogens with two attached hydrogens (primary N) is 1. The van der Waals surface area contributed by atoms with Crippen molar-refractivity contribution in [2.45, 2.75) is 24.8 Å². The number of aliphatic carboxylic acids is 1. The molecule has 2 aromatic rings. The first-order valence-corrected chi connectivity index (χ1v) is 13.2. The number of anilines is 1. The number of nitrogen functional groups attached to an aromatic ring is 1. The molecule has 1 unspecified atom stereocenters. The van der Waals surface area contributed by atoms with E-state index in [1.807, 2.05) is 36.4 Å². The van der Waals surface area contributed by atoms with E-state index in [4.69, 9.17) is 10.5 Å². The van der Waals surface area contributed by atoms with E-state index in [0.29, 0.717) is 22.8 Å². The smallest absolute Gasteiger partial charge is 0.543 e. The quantitative estimate of drug-likeness (QED) is 0.172. The van der Waals surface area contributed by atoms with Gasteiger partial charge >= 0.3 is 35.5 Å². The van der Waals surface area contributed by atoms with Gasteiger partial charge in [-0.25, -0.2) is 4.98 Å². The molecule has 0 spiro atoms. The van der Waals surface area contributed by atoms with Crippen LogP contribution in [0.3, 0.4) is 0 Å². The number of thiazole rings is 1. The fraction of sp³-hybridized carbons (Fsp3) is 0.240. The molecule has 190 valence electrons. The van der Waals surface area contributed by atoms with E-state index in [9.17, 15) is 24.3 Å². The summed E-state index contributed by atoms with van der Waals surface area (Å²) in [5.41, 5.74) is 9.32. The SMILES string of the molecule is CC(=O)OCC1=C(C(=O)[O-])N2C(=O)C(NC(=O)C(=C3C=Cc4ccccc4C3)c3csc(N)n3)[C@@H]2SC1.[Na+]. The molecule has 5 rings (SSSR count). The van der Waals surface area contributed by atoms with Gasteiger partial charge in [0.25, 0.3) is 11.8 Å². The van der Waals surface area contributed by atoms with Gasteiger partial charge in [0, 0.05) is 23.6 Å². The van der Waals surface area contributed by atoms with Crippen LogP contribution in [0, 0.1) is 0 Å². The Hall–Kier alpha value is -2.90. The molecule has 3 heterocycles. The molecule has 1 aromatic carbocycles. The number of nitrogens with one attached hydrogen (secondary N) is 1. The second-order valence-corrected chi connectivity index (χ2v) is 10.6. The van der Waals surface area contributed by atoms with Crippen LogP contribution < -0.4 is 45.7 Å². The van der Waals surface area contributed by atoms with Crippen LogP contribution >= 0.6 is 23.1 Å². The summed E-state index contributed by atoms with van der Waals surface area (Å²) < 4.78 is 4.93. The molecule has 3 aliphatic rings. The Morgan fingerprint density at radius 2 is 2.03 bits per heavy atom. The van der Waals surface area contributed by atoms with E-state index in [-0.39, 0.29) is 53.2 Å². The number of carboxylic acid groups (broad SMARTS) is 1. The average molecular weight is 561 g/mol. The zero-order valence-corrected chi connectivity index (χ0v) is 24.2. The standard InChI is InChI=1S/C25H22N4O6S2.Na/c1-12(30)35-9-16-10-36-23-19(22(32)29(23)20(16)24(33)34)28-21(31)18(17-11-37-25(26)27-17)15-7-6-13-4-2-3-5-14(13)8-15;/h2-7,11,19,23H,8-10H2,1H3,(H2,26,27)(H,28,31)(H,33,34);/q;+1/p-1/t19?,23-;/m0./s1. The number of carbonyl (C=O) groups is 4. The second kappa shape index (κ2) is 11.5. The number of fused-ring (bicyclic) bond motifs is 2. The molecule has 2 amide bonds. The first kappa shape index (κ1) is 28.1. The molecule has 38 heavy (non-hydrogen) atoms. The number of hydrogen-bond donors (Lipinski definition) is 2. The largest absolute Gasteiger partial charge is 1.00 e. The monoisotopic (exact) mass is 560 g/mol. The minimum absolute atomic E-state index is 0. The van der Waals surface area contributed by atoms with Crippen LogP contribution in [-0.4, -0.2) is 57.4 Å². The number of hydrogen-bond acceptors (Lipinski definition) is 10. The molecule has 0 bridgehead atoms. The Labute approximate surface area is 248 Å². The van der Waals surface area contributed by atoms with Gasteiger partial charge in [0.05, 0.1) is 22.9 Å². The van der Waals surface area contributed by atoms with Gasteiger partial charge in [0.15, 0.2) is 5.13 Å². The average Bonchev–Trinajstić information content (AvgIpc) is 3.30. The summed E-state index contributed by atoms with van der Waals surface area (Å²) in [7, 11) is 0.